The molecule has 0 fully saturated rings. The first-order valence-corrected chi connectivity index (χ1v) is 6.59. The van der Waals surface area contributed by atoms with E-state index in [9.17, 15) is 4.79 Å². The van der Waals surface area contributed by atoms with E-state index in [2.05, 4.69) is 39.3 Å². The highest BCUT2D eigenvalue weighted by Gasteiger charge is 2.08. The Bertz CT molecular complexity index is 391. The van der Waals surface area contributed by atoms with Gasteiger partial charge in [0.25, 0.3) is 5.91 Å². The van der Waals surface area contributed by atoms with E-state index in [1.54, 1.807) is 6.20 Å². The minimum atomic E-state index is -0.187. The summed E-state index contributed by atoms with van der Waals surface area (Å²) in [7, 11) is 2.03. The van der Waals surface area contributed by atoms with Gasteiger partial charge in [0, 0.05) is 25.7 Å². The van der Waals surface area contributed by atoms with E-state index in [4.69, 9.17) is 0 Å². The van der Waals surface area contributed by atoms with Crippen molar-refractivity contribution in [3.05, 3.63) is 18.1 Å². The number of carbonyl (C=O) groups is 1. The molecule has 1 aromatic heterocycles. The van der Waals surface area contributed by atoms with Crippen LogP contribution in [0.3, 0.4) is 0 Å². The van der Waals surface area contributed by atoms with Gasteiger partial charge < -0.3 is 15.5 Å². The van der Waals surface area contributed by atoms with Crippen molar-refractivity contribution >= 4 is 11.7 Å². The number of aromatic nitrogens is 2. The third kappa shape index (κ3) is 5.21. The fraction of sp³-hybridized carbons (Fsp3) is 0.615. The zero-order valence-electron chi connectivity index (χ0n) is 12.1. The lowest BCUT2D eigenvalue weighted by Gasteiger charge is -2.20. The Hall–Kier alpha value is -1.69. The topological polar surface area (TPSA) is 70.2 Å². The van der Waals surface area contributed by atoms with Crippen LogP contribution in [0.1, 0.15) is 31.3 Å². The van der Waals surface area contributed by atoms with Gasteiger partial charge in [0.1, 0.15) is 11.5 Å². The molecule has 1 rings (SSSR count). The molecule has 1 amide bonds. The van der Waals surface area contributed by atoms with Crippen LogP contribution in [-0.4, -0.2) is 53.5 Å². The second kappa shape index (κ2) is 7.68. The average molecular weight is 265 g/mol. The summed E-state index contributed by atoms with van der Waals surface area (Å²) in [5.41, 5.74) is 0.342. The Morgan fingerprint density at radius 1 is 1.37 bits per heavy atom. The van der Waals surface area contributed by atoms with Crippen molar-refractivity contribution in [1.29, 1.82) is 0 Å². The van der Waals surface area contributed by atoms with Gasteiger partial charge in [-0.1, -0.05) is 0 Å². The fourth-order valence-electron chi connectivity index (χ4n) is 1.41. The summed E-state index contributed by atoms with van der Waals surface area (Å²) in [5.74, 6) is 0.492. The zero-order chi connectivity index (χ0) is 14.3. The molecule has 1 heterocycles. The summed E-state index contributed by atoms with van der Waals surface area (Å²) >= 11 is 0. The third-order valence-electron chi connectivity index (χ3n) is 2.87. The Kier molecular flexibility index (Phi) is 6.21. The largest absolute Gasteiger partial charge is 0.369 e. The molecule has 0 bridgehead atoms. The predicted octanol–water partition coefficient (Wildman–Crippen LogP) is 0.978. The van der Waals surface area contributed by atoms with Gasteiger partial charge in [-0.25, -0.2) is 9.97 Å². The van der Waals surface area contributed by atoms with Crippen LogP contribution in [0, 0.1) is 0 Å². The van der Waals surface area contributed by atoms with Crippen molar-refractivity contribution in [1.82, 2.24) is 20.2 Å². The summed E-state index contributed by atoms with van der Waals surface area (Å²) in [6.45, 7) is 8.41. The number of nitrogens with one attached hydrogen (secondary N) is 2. The maximum absolute atomic E-state index is 11.8. The first-order chi connectivity index (χ1) is 9.04. The molecule has 2 N–H and O–H groups in total. The van der Waals surface area contributed by atoms with Gasteiger partial charge >= 0.3 is 0 Å². The van der Waals surface area contributed by atoms with E-state index in [-0.39, 0.29) is 5.91 Å². The van der Waals surface area contributed by atoms with Crippen LogP contribution in [0.2, 0.25) is 0 Å². The minimum absolute atomic E-state index is 0.187. The van der Waals surface area contributed by atoms with Gasteiger partial charge in [0.2, 0.25) is 0 Å². The van der Waals surface area contributed by atoms with E-state index in [1.165, 1.54) is 6.20 Å². The molecule has 0 saturated carbocycles. The average Bonchev–Trinajstić information content (AvgIpc) is 2.39. The number of rotatable bonds is 7. The molecule has 106 valence electrons. The highest BCUT2D eigenvalue weighted by molar-refractivity contribution is 5.91. The minimum Gasteiger partial charge on any atom is -0.369 e. The summed E-state index contributed by atoms with van der Waals surface area (Å²) in [6.07, 6.45) is 3.05. The van der Waals surface area contributed by atoms with E-state index in [1.807, 2.05) is 14.0 Å². The molecule has 0 aliphatic heterocycles. The summed E-state index contributed by atoms with van der Waals surface area (Å²) in [6, 6.07) is 0.469. The van der Waals surface area contributed by atoms with E-state index >= 15 is 0 Å². The summed E-state index contributed by atoms with van der Waals surface area (Å²) in [4.78, 5) is 22.2. The number of anilines is 1. The number of hydrogen-bond acceptors (Lipinski definition) is 5. The van der Waals surface area contributed by atoms with Crippen LogP contribution in [0.5, 0.6) is 0 Å². The monoisotopic (exact) mass is 265 g/mol. The SMILES string of the molecule is CCNc1cnc(C(=O)NCCN(C)C(C)C)cn1. The van der Waals surface area contributed by atoms with Crippen LogP contribution in [0.4, 0.5) is 5.82 Å². The van der Waals surface area contributed by atoms with Crippen molar-refractivity contribution in [2.24, 2.45) is 0 Å². The number of likely N-dealkylation sites (N-methyl/N-ethyl adjacent to an activating group) is 1. The molecule has 0 radical (unpaired) electrons. The molecule has 0 unspecified atom stereocenters. The maximum Gasteiger partial charge on any atom is 0.271 e. The third-order valence-corrected chi connectivity index (χ3v) is 2.87. The molecule has 0 saturated heterocycles. The molecule has 6 heteroatoms. The lowest BCUT2D eigenvalue weighted by molar-refractivity contribution is 0.0942. The van der Waals surface area contributed by atoms with Gasteiger partial charge in [0.15, 0.2) is 0 Å². The molecule has 19 heavy (non-hydrogen) atoms. The maximum atomic E-state index is 11.8. The van der Waals surface area contributed by atoms with E-state index in [0.717, 1.165) is 13.1 Å². The molecule has 0 spiro atoms. The fourth-order valence-corrected chi connectivity index (χ4v) is 1.41. The second-order valence-electron chi connectivity index (χ2n) is 4.65. The molecule has 0 aromatic carbocycles. The molecule has 0 atom stereocenters. The second-order valence-corrected chi connectivity index (χ2v) is 4.65. The van der Waals surface area contributed by atoms with Crippen LogP contribution in [0.15, 0.2) is 12.4 Å². The lowest BCUT2D eigenvalue weighted by atomic mass is 10.3. The van der Waals surface area contributed by atoms with Gasteiger partial charge in [-0.3, -0.25) is 4.79 Å². The highest BCUT2D eigenvalue weighted by Crippen LogP contribution is 2.00. The Morgan fingerprint density at radius 2 is 2.11 bits per heavy atom. The Balaban J connectivity index is 2.41. The number of amides is 1. The van der Waals surface area contributed by atoms with E-state index in [0.29, 0.717) is 24.1 Å². The molecular formula is C13H23N5O. The van der Waals surface area contributed by atoms with Gasteiger partial charge in [-0.05, 0) is 27.8 Å². The first-order valence-electron chi connectivity index (χ1n) is 6.59. The van der Waals surface area contributed by atoms with Crippen molar-refractivity contribution in [3.8, 4) is 0 Å². The Labute approximate surface area is 114 Å². The van der Waals surface area contributed by atoms with E-state index < -0.39 is 0 Å². The van der Waals surface area contributed by atoms with Gasteiger partial charge in [0.05, 0.1) is 12.4 Å². The van der Waals surface area contributed by atoms with Crippen molar-refractivity contribution in [2.45, 2.75) is 26.8 Å². The Morgan fingerprint density at radius 3 is 2.63 bits per heavy atom. The predicted molar refractivity (Wildman–Crippen MR) is 76.3 cm³/mol. The molecule has 0 aliphatic rings. The van der Waals surface area contributed by atoms with Gasteiger partial charge in [-0.2, -0.15) is 0 Å². The highest BCUT2D eigenvalue weighted by atomic mass is 16.1. The van der Waals surface area contributed by atoms with Crippen LogP contribution < -0.4 is 10.6 Å². The number of nitrogens with zero attached hydrogens (tertiary/aromatic N) is 3. The van der Waals surface area contributed by atoms with Crippen LogP contribution in [-0.2, 0) is 0 Å². The number of carbonyl (C=O) groups excluding carboxylic acids is 1. The zero-order valence-corrected chi connectivity index (χ0v) is 12.1. The first kappa shape index (κ1) is 15.4. The summed E-state index contributed by atoms with van der Waals surface area (Å²) < 4.78 is 0. The molecule has 0 aliphatic carbocycles. The quantitative estimate of drug-likeness (QED) is 0.769. The normalized spacial score (nSPS) is 10.8. The summed E-state index contributed by atoms with van der Waals surface area (Å²) in [5, 5.41) is 5.86. The van der Waals surface area contributed by atoms with Crippen LogP contribution in [0.25, 0.3) is 0 Å². The smallest absolute Gasteiger partial charge is 0.271 e. The molecule has 6 nitrogen and oxygen atoms in total. The molecular weight excluding hydrogens is 242 g/mol. The standard InChI is InChI=1S/C13H23N5O/c1-5-14-12-9-16-11(8-17-12)13(19)15-6-7-18(4)10(2)3/h8-10H,5-7H2,1-4H3,(H,14,17)(H,15,19). The molecule has 1 aromatic rings. The van der Waals surface area contributed by atoms with Crippen molar-refractivity contribution in [2.75, 3.05) is 32.0 Å². The van der Waals surface area contributed by atoms with Crippen molar-refractivity contribution < 1.29 is 4.79 Å². The lowest BCUT2D eigenvalue weighted by Crippen LogP contribution is -2.36. The van der Waals surface area contributed by atoms with Crippen LogP contribution >= 0.6 is 0 Å². The van der Waals surface area contributed by atoms with Crippen molar-refractivity contribution in [3.63, 3.8) is 0 Å². The van der Waals surface area contributed by atoms with Gasteiger partial charge in [-0.15, -0.1) is 0 Å². The number of hydrogen-bond donors (Lipinski definition) is 2.